The third-order valence-corrected chi connectivity index (χ3v) is 7.63. The highest BCUT2D eigenvalue weighted by molar-refractivity contribution is 8.00. The minimum atomic E-state index is -0.0871. The van der Waals surface area contributed by atoms with E-state index in [2.05, 4.69) is 76.8 Å². The number of aromatic amines is 1. The second-order valence-electron chi connectivity index (χ2n) is 7.68. The van der Waals surface area contributed by atoms with Crippen LogP contribution in [0.2, 0.25) is 0 Å². The summed E-state index contributed by atoms with van der Waals surface area (Å²) in [5.41, 5.74) is 4.80. The van der Waals surface area contributed by atoms with E-state index in [9.17, 15) is 4.79 Å². The molecule has 5 rings (SSSR count). The van der Waals surface area contributed by atoms with Crippen molar-refractivity contribution in [3.63, 3.8) is 0 Å². The lowest BCUT2D eigenvalue weighted by Gasteiger charge is -2.36. The number of thioether (sulfide) groups is 2. The van der Waals surface area contributed by atoms with Crippen molar-refractivity contribution in [2.45, 2.75) is 22.3 Å². The molecule has 1 aliphatic rings. The van der Waals surface area contributed by atoms with Gasteiger partial charge in [-0.1, -0.05) is 48.5 Å². The van der Waals surface area contributed by atoms with E-state index in [-0.39, 0.29) is 11.9 Å². The summed E-state index contributed by atoms with van der Waals surface area (Å²) >= 11 is 3.34. The number of nitrogens with zero attached hydrogens (tertiary/aromatic N) is 1. The number of carbonyl (C=O) groups excluding carboxylic acids is 1. The smallest absolute Gasteiger partial charge is 0.233 e. The molecule has 2 heterocycles. The fourth-order valence-corrected chi connectivity index (χ4v) is 5.60. The lowest BCUT2D eigenvalue weighted by molar-refractivity contribution is -0.130. The Hall–Kier alpha value is -2.63. The van der Waals surface area contributed by atoms with Gasteiger partial charge in [-0.2, -0.15) is 0 Å². The summed E-state index contributed by atoms with van der Waals surface area (Å²) in [6.07, 6.45) is 2.96. The third-order valence-electron chi connectivity index (χ3n) is 5.89. The molecule has 0 radical (unpaired) electrons. The van der Waals surface area contributed by atoms with Crippen LogP contribution in [0.4, 0.5) is 0 Å². The van der Waals surface area contributed by atoms with Gasteiger partial charge in [0.1, 0.15) is 0 Å². The average Bonchev–Trinajstić information content (AvgIpc) is 3.21. The zero-order chi connectivity index (χ0) is 21.2. The first kappa shape index (κ1) is 20.3. The second kappa shape index (κ2) is 8.85. The van der Waals surface area contributed by atoms with Gasteiger partial charge in [-0.15, -0.1) is 23.5 Å². The highest BCUT2D eigenvalue weighted by Gasteiger charge is 2.34. The van der Waals surface area contributed by atoms with Crippen LogP contribution in [-0.2, 0) is 11.2 Å². The average molecular weight is 445 g/mol. The zero-order valence-electron chi connectivity index (χ0n) is 17.4. The predicted octanol–water partition coefficient (Wildman–Crippen LogP) is 6.16. The fourth-order valence-electron chi connectivity index (χ4n) is 4.39. The normalized spacial score (nSPS) is 15.8. The molecular formula is C26H24N2OS2. The van der Waals surface area contributed by atoms with Gasteiger partial charge < -0.3 is 9.88 Å². The monoisotopic (exact) mass is 444 g/mol. The van der Waals surface area contributed by atoms with Crippen LogP contribution in [0.3, 0.4) is 0 Å². The maximum absolute atomic E-state index is 13.4. The van der Waals surface area contributed by atoms with Crippen LogP contribution >= 0.6 is 23.5 Å². The molecular weight excluding hydrogens is 420 g/mol. The summed E-state index contributed by atoms with van der Waals surface area (Å²) in [7, 11) is 0. The highest BCUT2D eigenvalue weighted by atomic mass is 32.2. The van der Waals surface area contributed by atoms with Crippen LogP contribution in [0.1, 0.15) is 22.9 Å². The van der Waals surface area contributed by atoms with E-state index in [0.29, 0.717) is 5.75 Å². The molecule has 1 atom stereocenters. The van der Waals surface area contributed by atoms with Gasteiger partial charge in [0.15, 0.2) is 0 Å². The van der Waals surface area contributed by atoms with E-state index in [1.54, 1.807) is 23.5 Å². The van der Waals surface area contributed by atoms with E-state index in [1.807, 2.05) is 18.2 Å². The van der Waals surface area contributed by atoms with Crippen molar-refractivity contribution in [1.29, 1.82) is 0 Å². The quantitative estimate of drug-likeness (QED) is 0.375. The Kier molecular flexibility index (Phi) is 5.79. The molecule has 1 aromatic heterocycles. The number of aromatic nitrogens is 1. The maximum Gasteiger partial charge on any atom is 0.233 e. The van der Waals surface area contributed by atoms with Crippen molar-refractivity contribution >= 4 is 40.3 Å². The summed E-state index contributed by atoms with van der Waals surface area (Å²) in [5, 5.41) is 1.27. The van der Waals surface area contributed by atoms with Crippen molar-refractivity contribution in [2.24, 2.45) is 0 Å². The molecule has 31 heavy (non-hydrogen) atoms. The summed E-state index contributed by atoms with van der Waals surface area (Å²) in [5.74, 6) is 0.621. The van der Waals surface area contributed by atoms with Crippen LogP contribution in [0, 0.1) is 0 Å². The number of rotatable bonds is 5. The number of fused-ring (bicyclic) bond motifs is 3. The standard InChI is InChI=1S/C26H24N2OS2/c1-30-19-13-11-18(12-14-19)26-25-22(21-9-5-6-10-23(21)27-25)15-16-28(26)24(29)17-31-20-7-3-2-4-8-20/h2-14,26-27H,15-17H2,1H3. The topological polar surface area (TPSA) is 36.1 Å². The molecule has 1 amide bonds. The molecule has 1 aliphatic heterocycles. The van der Waals surface area contributed by atoms with Gasteiger partial charge in [-0.3, -0.25) is 4.79 Å². The summed E-state index contributed by atoms with van der Waals surface area (Å²) in [4.78, 5) is 21.4. The molecule has 0 aliphatic carbocycles. The highest BCUT2D eigenvalue weighted by Crippen LogP contribution is 2.39. The van der Waals surface area contributed by atoms with Crippen molar-refractivity contribution in [1.82, 2.24) is 9.88 Å². The van der Waals surface area contributed by atoms with Crippen LogP contribution < -0.4 is 0 Å². The van der Waals surface area contributed by atoms with Crippen molar-refractivity contribution in [3.05, 3.63) is 95.7 Å². The lowest BCUT2D eigenvalue weighted by atomic mass is 9.92. The number of nitrogens with one attached hydrogen (secondary N) is 1. The van der Waals surface area contributed by atoms with Gasteiger partial charge in [-0.05, 0) is 54.1 Å². The number of amides is 1. The molecule has 0 saturated heterocycles. The van der Waals surface area contributed by atoms with Gasteiger partial charge in [0, 0.05) is 32.9 Å². The first-order valence-electron chi connectivity index (χ1n) is 10.5. The summed E-state index contributed by atoms with van der Waals surface area (Å²) in [6.45, 7) is 0.734. The molecule has 3 aromatic carbocycles. The summed E-state index contributed by atoms with van der Waals surface area (Å²) in [6, 6.07) is 27.2. The fraction of sp³-hybridized carbons (Fsp3) is 0.192. The third kappa shape index (κ3) is 4.00. The predicted molar refractivity (Wildman–Crippen MR) is 131 cm³/mol. The SMILES string of the molecule is CSc1ccc(C2c3[nH]c4ccccc4c3CCN2C(=O)CSc2ccccc2)cc1. The molecule has 4 aromatic rings. The number of carbonyl (C=O) groups is 1. The van der Waals surface area contributed by atoms with Crippen LogP contribution in [0.25, 0.3) is 10.9 Å². The second-order valence-corrected chi connectivity index (χ2v) is 9.61. The van der Waals surface area contributed by atoms with E-state index in [1.165, 1.54) is 15.8 Å². The van der Waals surface area contributed by atoms with Gasteiger partial charge in [0.2, 0.25) is 5.91 Å². The Labute approximate surface area is 191 Å². The van der Waals surface area contributed by atoms with E-state index >= 15 is 0 Å². The molecule has 0 fully saturated rings. The van der Waals surface area contributed by atoms with Crippen molar-refractivity contribution in [2.75, 3.05) is 18.6 Å². The first-order valence-corrected chi connectivity index (χ1v) is 12.7. The molecule has 1 N–H and O–H groups in total. The number of H-pyrrole nitrogens is 1. The van der Waals surface area contributed by atoms with Crippen LogP contribution in [-0.4, -0.2) is 34.3 Å². The van der Waals surface area contributed by atoms with Gasteiger partial charge in [0.05, 0.1) is 11.8 Å². The molecule has 5 heteroatoms. The van der Waals surface area contributed by atoms with Gasteiger partial charge in [0.25, 0.3) is 0 Å². The zero-order valence-corrected chi connectivity index (χ0v) is 19.0. The molecule has 156 valence electrons. The Morgan fingerprint density at radius 1 is 0.968 bits per heavy atom. The number of hydrogen-bond acceptors (Lipinski definition) is 3. The first-order chi connectivity index (χ1) is 15.2. The van der Waals surface area contributed by atoms with Gasteiger partial charge >= 0.3 is 0 Å². The molecule has 1 unspecified atom stereocenters. The minimum absolute atomic E-state index is 0.0871. The molecule has 3 nitrogen and oxygen atoms in total. The largest absolute Gasteiger partial charge is 0.356 e. The van der Waals surface area contributed by atoms with E-state index in [4.69, 9.17) is 0 Å². The Balaban J connectivity index is 1.51. The number of benzene rings is 3. The Morgan fingerprint density at radius 3 is 2.48 bits per heavy atom. The lowest BCUT2D eigenvalue weighted by Crippen LogP contribution is -2.41. The summed E-state index contributed by atoms with van der Waals surface area (Å²) < 4.78 is 0. The van der Waals surface area contributed by atoms with Gasteiger partial charge in [-0.25, -0.2) is 0 Å². The molecule has 0 spiro atoms. The molecule has 0 saturated carbocycles. The number of para-hydroxylation sites is 1. The Morgan fingerprint density at radius 2 is 1.71 bits per heavy atom. The maximum atomic E-state index is 13.4. The number of hydrogen-bond donors (Lipinski definition) is 1. The van der Waals surface area contributed by atoms with Crippen LogP contribution in [0.5, 0.6) is 0 Å². The van der Waals surface area contributed by atoms with Crippen LogP contribution in [0.15, 0.2) is 88.7 Å². The minimum Gasteiger partial charge on any atom is -0.356 e. The van der Waals surface area contributed by atoms with Crippen molar-refractivity contribution < 1.29 is 4.79 Å². The van der Waals surface area contributed by atoms with E-state index < -0.39 is 0 Å². The van der Waals surface area contributed by atoms with E-state index in [0.717, 1.165) is 34.6 Å². The van der Waals surface area contributed by atoms with Crippen molar-refractivity contribution in [3.8, 4) is 0 Å². The molecule has 0 bridgehead atoms. The Bertz CT molecular complexity index is 1200.